The van der Waals surface area contributed by atoms with Gasteiger partial charge in [-0.25, -0.2) is 4.98 Å². The minimum absolute atomic E-state index is 0.0874. The maximum absolute atomic E-state index is 12.2. The molecule has 20 heavy (non-hydrogen) atoms. The maximum atomic E-state index is 12.2. The summed E-state index contributed by atoms with van der Waals surface area (Å²) in [4.78, 5) is 18.4. The Kier molecular flexibility index (Phi) is 4.53. The molecule has 2 rings (SSSR count). The summed E-state index contributed by atoms with van der Waals surface area (Å²) < 4.78 is 7.03. The van der Waals surface area contributed by atoms with Crippen molar-refractivity contribution in [2.75, 3.05) is 20.7 Å². The molecule has 0 aliphatic heterocycles. The summed E-state index contributed by atoms with van der Waals surface area (Å²) in [6.45, 7) is 1.00. The zero-order valence-electron chi connectivity index (χ0n) is 12.0. The van der Waals surface area contributed by atoms with Crippen LogP contribution in [0.4, 0.5) is 0 Å². The number of benzene rings is 1. The van der Waals surface area contributed by atoms with E-state index in [1.54, 1.807) is 37.6 Å². The molecular weight excluding hydrogens is 254 g/mol. The van der Waals surface area contributed by atoms with Crippen LogP contribution in [-0.4, -0.2) is 40.9 Å². The van der Waals surface area contributed by atoms with Gasteiger partial charge < -0.3 is 9.30 Å². The zero-order chi connectivity index (χ0) is 14.5. The Bertz CT molecular complexity index is 575. The van der Waals surface area contributed by atoms with Crippen LogP contribution in [-0.2, 0) is 13.6 Å². The van der Waals surface area contributed by atoms with E-state index in [9.17, 15) is 4.79 Å². The second-order valence-corrected chi connectivity index (χ2v) is 4.78. The predicted molar refractivity (Wildman–Crippen MR) is 76.9 cm³/mol. The van der Waals surface area contributed by atoms with Crippen molar-refractivity contribution in [3.8, 4) is 5.75 Å². The molecule has 0 unspecified atom stereocenters. The van der Waals surface area contributed by atoms with Crippen molar-refractivity contribution in [1.82, 2.24) is 14.5 Å². The summed E-state index contributed by atoms with van der Waals surface area (Å²) >= 11 is 0. The number of Topliss-reactive ketones (excluding diaryl/α,β-unsaturated/α-hetero) is 1. The summed E-state index contributed by atoms with van der Waals surface area (Å²) in [6, 6.07) is 7.17. The maximum Gasteiger partial charge on any atom is 0.176 e. The number of rotatable bonds is 6. The summed E-state index contributed by atoms with van der Waals surface area (Å²) in [5, 5.41) is 0. The van der Waals surface area contributed by atoms with Crippen molar-refractivity contribution in [3.63, 3.8) is 0 Å². The minimum atomic E-state index is 0.0874. The lowest BCUT2D eigenvalue weighted by atomic mass is 10.1. The highest BCUT2D eigenvalue weighted by Crippen LogP contribution is 2.12. The average molecular weight is 273 g/mol. The van der Waals surface area contributed by atoms with Gasteiger partial charge in [0.2, 0.25) is 0 Å². The Morgan fingerprint density at radius 1 is 1.35 bits per heavy atom. The van der Waals surface area contributed by atoms with Gasteiger partial charge in [-0.2, -0.15) is 0 Å². The summed E-state index contributed by atoms with van der Waals surface area (Å²) in [7, 11) is 5.47. The Hall–Kier alpha value is -2.14. The first-order chi connectivity index (χ1) is 9.60. The van der Waals surface area contributed by atoms with E-state index in [0.29, 0.717) is 18.7 Å². The number of ether oxygens (including phenoxy) is 1. The van der Waals surface area contributed by atoms with Crippen LogP contribution in [0.3, 0.4) is 0 Å². The lowest BCUT2D eigenvalue weighted by molar-refractivity contribution is 0.0941. The highest BCUT2D eigenvalue weighted by molar-refractivity contribution is 5.97. The Labute approximate surface area is 118 Å². The molecule has 0 aliphatic carbocycles. The van der Waals surface area contributed by atoms with Crippen LogP contribution < -0.4 is 4.74 Å². The van der Waals surface area contributed by atoms with E-state index in [0.717, 1.165) is 11.6 Å². The third-order valence-electron chi connectivity index (χ3n) is 3.16. The smallest absolute Gasteiger partial charge is 0.176 e. The van der Waals surface area contributed by atoms with E-state index < -0.39 is 0 Å². The molecular formula is C15H19N3O2. The zero-order valence-corrected chi connectivity index (χ0v) is 12.0. The number of imidazole rings is 1. The molecule has 2 aromatic rings. The van der Waals surface area contributed by atoms with Crippen molar-refractivity contribution in [3.05, 3.63) is 48.0 Å². The van der Waals surface area contributed by atoms with Crippen molar-refractivity contribution in [2.45, 2.75) is 6.54 Å². The van der Waals surface area contributed by atoms with Crippen LogP contribution >= 0.6 is 0 Å². The van der Waals surface area contributed by atoms with Gasteiger partial charge in [0.1, 0.15) is 11.6 Å². The Morgan fingerprint density at radius 3 is 2.60 bits per heavy atom. The van der Waals surface area contributed by atoms with Crippen molar-refractivity contribution >= 4 is 5.78 Å². The summed E-state index contributed by atoms with van der Waals surface area (Å²) in [5.41, 5.74) is 0.692. The Balaban J connectivity index is 1.94. The standard InChI is InChI=1S/C15H19N3O2/c1-17(11-15-16-8-9-18(15)2)10-14(19)12-4-6-13(20-3)7-5-12/h4-9H,10-11H2,1-3H3. The number of likely N-dealkylation sites (N-methyl/N-ethyl adjacent to an activating group) is 1. The van der Waals surface area contributed by atoms with Gasteiger partial charge >= 0.3 is 0 Å². The molecule has 1 aromatic carbocycles. The molecule has 1 heterocycles. The molecule has 5 nitrogen and oxygen atoms in total. The van der Waals surface area contributed by atoms with Gasteiger partial charge in [0.25, 0.3) is 0 Å². The fourth-order valence-electron chi connectivity index (χ4n) is 1.96. The van der Waals surface area contributed by atoms with Gasteiger partial charge in [-0.1, -0.05) is 0 Å². The molecule has 0 spiro atoms. The molecule has 0 saturated heterocycles. The highest BCUT2D eigenvalue weighted by Gasteiger charge is 2.11. The van der Waals surface area contributed by atoms with Crippen molar-refractivity contribution in [2.24, 2.45) is 7.05 Å². The first-order valence-electron chi connectivity index (χ1n) is 6.42. The van der Waals surface area contributed by atoms with E-state index in [1.807, 2.05) is 29.8 Å². The Morgan fingerprint density at radius 2 is 2.05 bits per heavy atom. The van der Waals surface area contributed by atoms with Gasteiger partial charge in [-0.05, 0) is 31.3 Å². The average Bonchev–Trinajstić information content (AvgIpc) is 2.84. The molecule has 0 atom stereocenters. The SMILES string of the molecule is COc1ccc(C(=O)CN(C)Cc2nccn2C)cc1. The molecule has 0 radical (unpaired) electrons. The van der Waals surface area contributed by atoms with Crippen LogP contribution in [0.5, 0.6) is 5.75 Å². The normalized spacial score (nSPS) is 10.8. The molecule has 0 N–H and O–H groups in total. The number of carbonyl (C=O) groups is 1. The number of carbonyl (C=O) groups excluding carboxylic acids is 1. The van der Waals surface area contributed by atoms with E-state index in [1.165, 1.54) is 0 Å². The van der Waals surface area contributed by atoms with Crippen LogP contribution in [0.2, 0.25) is 0 Å². The number of hydrogen-bond donors (Lipinski definition) is 0. The summed E-state index contributed by atoms with van der Waals surface area (Å²) in [5.74, 6) is 1.78. The largest absolute Gasteiger partial charge is 0.497 e. The molecule has 106 valence electrons. The third kappa shape index (κ3) is 3.45. The van der Waals surface area contributed by atoms with Crippen LogP contribution in [0, 0.1) is 0 Å². The van der Waals surface area contributed by atoms with Gasteiger partial charge in [-0.15, -0.1) is 0 Å². The fraction of sp³-hybridized carbons (Fsp3) is 0.333. The lowest BCUT2D eigenvalue weighted by Gasteiger charge is -2.15. The van der Waals surface area contributed by atoms with Crippen molar-refractivity contribution in [1.29, 1.82) is 0 Å². The van der Waals surface area contributed by atoms with Gasteiger partial charge in [0.05, 0.1) is 20.2 Å². The monoisotopic (exact) mass is 273 g/mol. The molecule has 5 heteroatoms. The quantitative estimate of drug-likeness (QED) is 0.752. The second kappa shape index (κ2) is 6.34. The molecule has 0 bridgehead atoms. The lowest BCUT2D eigenvalue weighted by Crippen LogP contribution is -2.26. The van der Waals surface area contributed by atoms with Gasteiger partial charge in [-0.3, -0.25) is 9.69 Å². The van der Waals surface area contributed by atoms with Crippen molar-refractivity contribution < 1.29 is 9.53 Å². The summed E-state index contributed by atoms with van der Waals surface area (Å²) in [6.07, 6.45) is 3.66. The predicted octanol–water partition coefficient (Wildman–Crippen LogP) is 1.74. The highest BCUT2D eigenvalue weighted by atomic mass is 16.5. The minimum Gasteiger partial charge on any atom is -0.497 e. The van der Waals surface area contributed by atoms with E-state index >= 15 is 0 Å². The first kappa shape index (κ1) is 14.3. The van der Waals surface area contributed by atoms with E-state index in [-0.39, 0.29) is 5.78 Å². The molecule has 0 amide bonds. The molecule has 0 aliphatic rings. The van der Waals surface area contributed by atoms with E-state index in [4.69, 9.17) is 4.74 Å². The number of nitrogens with zero attached hydrogens (tertiary/aromatic N) is 3. The molecule has 0 fully saturated rings. The topological polar surface area (TPSA) is 47.4 Å². The molecule has 0 saturated carbocycles. The van der Waals surface area contributed by atoms with Crippen LogP contribution in [0.1, 0.15) is 16.2 Å². The first-order valence-corrected chi connectivity index (χ1v) is 6.42. The number of ketones is 1. The van der Waals surface area contributed by atoms with E-state index in [2.05, 4.69) is 4.98 Å². The van der Waals surface area contributed by atoms with Crippen LogP contribution in [0.15, 0.2) is 36.7 Å². The third-order valence-corrected chi connectivity index (χ3v) is 3.16. The number of aromatic nitrogens is 2. The number of methoxy groups -OCH3 is 1. The fourth-order valence-corrected chi connectivity index (χ4v) is 1.96. The van der Waals surface area contributed by atoms with Gasteiger partial charge in [0.15, 0.2) is 5.78 Å². The number of aryl methyl sites for hydroxylation is 1. The second-order valence-electron chi connectivity index (χ2n) is 4.78. The van der Waals surface area contributed by atoms with Gasteiger partial charge in [0, 0.05) is 25.0 Å². The number of hydrogen-bond acceptors (Lipinski definition) is 4. The van der Waals surface area contributed by atoms with Crippen LogP contribution in [0.25, 0.3) is 0 Å². The molecule has 1 aromatic heterocycles.